The van der Waals surface area contributed by atoms with E-state index in [1.54, 1.807) is 5.56 Å². The first-order valence-electron chi connectivity index (χ1n) is 7.84. The Bertz CT molecular complexity index is 348. The summed E-state index contributed by atoms with van der Waals surface area (Å²) in [6.07, 6.45) is 5.01. The van der Waals surface area contributed by atoms with Crippen molar-refractivity contribution in [3.05, 3.63) is 34.9 Å². The number of aryl methyl sites for hydroxylation is 2. The van der Waals surface area contributed by atoms with E-state index in [1.165, 1.54) is 36.8 Å². The second-order valence-electron chi connectivity index (χ2n) is 6.07. The third-order valence-electron chi connectivity index (χ3n) is 4.05. The van der Waals surface area contributed by atoms with Crippen LogP contribution in [0.4, 0.5) is 0 Å². The van der Waals surface area contributed by atoms with Crippen LogP contribution in [0.2, 0.25) is 0 Å². The van der Waals surface area contributed by atoms with Crippen molar-refractivity contribution in [2.24, 2.45) is 5.92 Å². The molecule has 0 bridgehead atoms. The van der Waals surface area contributed by atoms with Crippen molar-refractivity contribution in [2.45, 2.75) is 66.3 Å². The minimum atomic E-state index is 0.671. The summed E-state index contributed by atoms with van der Waals surface area (Å²) in [6, 6.07) is 7.30. The van der Waals surface area contributed by atoms with Crippen molar-refractivity contribution < 1.29 is 0 Å². The molecular weight excluding hydrogens is 230 g/mol. The summed E-state index contributed by atoms with van der Waals surface area (Å²) in [5.41, 5.74) is 4.45. The van der Waals surface area contributed by atoms with Crippen LogP contribution >= 0.6 is 0 Å². The summed E-state index contributed by atoms with van der Waals surface area (Å²) in [5.74, 6) is 0.726. The molecule has 0 aliphatic carbocycles. The van der Waals surface area contributed by atoms with E-state index >= 15 is 0 Å². The lowest BCUT2D eigenvalue weighted by atomic mass is 9.93. The van der Waals surface area contributed by atoms with Crippen LogP contribution in [0.15, 0.2) is 18.2 Å². The van der Waals surface area contributed by atoms with E-state index in [-0.39, 0.29) is 0 Å². The molecule has 1 aromatic carbocycles. The van der Waals surface area contributed by atoms with Crippen LogP contribution < -0.4 is 5.32 Å². The van der Waals surface area contributed by atoms with Crippen LogP contribution in [0.1, 0.15) is 56.7 Å². The van der Waals surface area contributed by atoms with Crippen LogP contribution in [0.5, 0.6) is 0 Å². The lowest BCUT2D eigenvalue weighted by Gasteiger charge is -2.22. The van der Waals surface area contributed by atoms with E-state index in [0.29, 0.717) is 6.04 Å². The third-order valence-corrected chi connectivity index (χ3v) is 4.05. The van der Waals surface area contributed by atoms with Gasteiger partial charge in [0.1, 0.15) is 0 Å². The van der Waals surface area contributed by atoms with Crippen LogP contribution in [-0.4, -0.2) is 12.6 Å². The molecule has 0 aliphatic rings. The molecule has 0 saturated carbocycles. The fourth-order valence-electron chi connectivity index (χ4n) is 2.74. The van der Waals surface area contributed by atoms with Crippen molar-refractivity contribution in [2.75, 3.05) is 6.54 Å². The zero-order chi connectivity index (χ0) is 14.3. The molecular formula is C18H31N. The van der Waals surface area contributed by atoms with Gasteiger partial charge in [-0.2, -0.15) is 0 Å². The van der Waals surface area contributed by atoms with Gasteiger partial charge in [-0.05, 0) is 68.7 Å². The van der Waals surface area contributed by atoms with Gasteiger partial charge in [-0.3, -0.25) is 0 Å². The molecule has 0 saturated heterocycles. The highest BCUT2D eigenvalue weighted by Crippen LogP contribution is 2.18. The minimum Gasteiger partial charge on any atom is -0.314 e. The second-order valence-corrected chi connectivity index (χ2v) is 6.07. The van der Waals surface area contributed by atoms with Gasteiger partial charge in [-0.25, -0.2) is 0 Å². The zero-order valence-corrected chi connectivity index (χ0v) is 13.4. The van der Waals surface area contributed by atoms with Crippen LogP contribution in [0.3, 0.4) is 0 Å². The van der Waals surface area contributed by atoms with Gasteiger partial charge in [-0.15, -0.1) is 0 Å². The lowest BCUT2D eigenvalue weighted by Crippen LogP contribution is -2.34. The normalized spacial score (nSPS) is 12.9. The lowest BCUT2D eigenvalue weighted by molar-refractivity contribution is 0.370. The quantitative estimate of drug-likeness (QED) is 0.718. The summed E-state index contributed by atoms with van der Waals surface area (Å²) in [6.45, 7) is 12.5. The minimum absolute atomic E-state index is 0.671. The molecule has 0 fully saturated rings. The summed E-state index contributed by atoms with van der Waals surface area (Å²) in [7, 11) is 0. The molecule has 0 spiro atoms. The maximum atomic E-state index is 3.68. The van der Waals surface area contributed by atoms with E-state index in [9.17, 15) is 0 Å². The molecule has 1 atom stereocenters. The maximum absolute atomic E-state index is 3.68. The van der Waals surface area contributed by atoms with Crippen LogP contribution in [0, 0.1) is 19.8 Å². The molecule has 0 aliphatic heterocycles. The molecule has 1 heteroatoms. The fourth-order valence-corrected chi connectivity index (χ4v) is 2.74. The number of hydrogen-bond acceptors (Lipinski definition) is 1. The van der Waals surface area contributed by atoms with Crippen LogP contribution in [0.25, 0.3) is 0 Å². The van der Waals surface area contributed by atoms with Crippen molar-refractivity contribution >= 4 is 0 Å². The zero-order valence-electron chi connectivity index (χ0n) is 13.4. The Hall–Kier alpha value is -0.820. The SMILES string of the molecule is CCCNC(CCCc1c(C)cccc1C)C(C)C. The Morgan fingerprint density at radius 3 is 2.26 bits per heavy atom. The van der Waals surface area contributed by atoms with Crippen molar-refractivity contribution in [3.63, 3.8) is 0 Å². The van der Waals surface area contributed by atoms with E-state index in [2.05, 4.69) is 58.1 Å². The highest BCUT2D eigenvalue weighted by molar-refractivity contribution is 5.33. The molecule has 1 unspecified atom stereocenters. The van der Waals surface area contributed by atoms with Crippen molar-refractivity contribution in [1.82, 2.24) is 5.32 Å². The Labute approximate surface area is 119 Å². The summed E-state index contributed by atoms with van der Waals surface area (Å²) in [5, 5.41) is 3.68. The second kappa shape index (κ2) is 8.37. The van der Waals surface area contributed by atoms with Gasteiger partial charge in [0.05, 0.1) is 0 Å². The molecule has 0 amide bonds. The maximum Gasteiger partial charge on any atom is 0.00901 e. The Balaban J connectivity index is 2.47. The summed E-state index contributed by atoms with van der Waals surface area (Å²) in [4.78, 5) is 0. The third kappa shape index (κ3) is 5.36. The highest BCUT2D eigenvalue weighted by Gasteiger charge is 2.12. The van der Waals surface area contributed by atoms with Gasteiger partial charge in [0.25, 0.3) is 0 Å². The molecule has 108 valence electrons. The van der Waals surface area contributed by atoms with Gasteiger partial charge < -0.3 is 5.32 Å². The predicted octanol–water partition coefficient (Wildman–Crippen LogP) is 4.65. The smallest absolute Gasteiger partial charge is 0.00901 e. The average Bonchev–Trinajstić information content (AvgIpc) is 2.36. The highest BCUT2D eigenvalue weighted by atomic mass is 14.9. The number of benzene rings is 1. The monoisotopic (exact) mass is 261 g/mol. The number of hydrogen-bond donors (Lipinski definition) is 1. The Morgan fingerprint density at radius 2 is 1.74 bits per heavy atom. The van der Waals surface area contributed by atoms with Crippen LogP contribution in [-0.2, 0) is 6.42 Å². The van der Waals surface area contributed by atoms with Gasteiger partial charge in [0.15, 0.2) is 0 Å². The van der Waals surface area contributed by atoms with Crippen molar-refractivity contribution in [1.29, 1.82) is 0 Å². The average molecular weight is 261 g/mol. The molecule has 1 N–H and O–H groups in total. The molecule has 1 nitrogen and oxygen atoms in total. The Kier molecular flexibility index (Phi) is 7.15. The fraction of sp³-hybridized carbons (Fsp3) is 0.667. The summed E-state index contributed by atoms with van der Waals surface area (Å²) >= 11 is 0. The standard InChI is InChI=1S/C18H31N/c1-6-13-19-18(14(2)3)12-8-11-17-15(4)9-7-10-16(17)5/h7,9-10,14,18-19H,6,8,11-13H2,1-5H3. The summed E-state index contributed by atoms with van der Waals surface area (Å²) < 4.78 is 0. The van der Waals surface area contributed by atoms with Gasteiger partial charge in [-0.1, -0.05) is 39.0 Å². The molecule has 1 aromatic rings. The number of rotatable bonds is 8. The van der Waals surface area contributed by atoms with Crippen molar-refractivity contribution in [3.8, 4) is 0 Å². The Morgan fingerprint density at radius 1 is 1.11 bits per heavy atom. The van der Waals surface area contributed by atoms with Gasteiger partial charge in [0.2, 0.25) is 0 Å². The molecule has 1 rings (SSSR count). The van der Waals surface area contributed by atoms with E-state index < -0.39 is 0 Å². The molecule has 19 heavy (non-hydrogen) atoms. The molecule has 0 aromatic heterocycles. The first-order valence-corrected chi connectivity index (χ1v) is 7.84. The molecule has 0 radical (unpaired) electrons. The largest absolute Gasteiger partial charge is 0.314 e. The van der Waals surface area contributed by atoms with E-state index in [4.69, 9.17) is 0 Å². The molecule has 0 heterocycles. The topological polar surface area (TPSA) is 12.0 Å². The number of nitrogens with one attached hydrogen (secondary N) is 1. The van der Waals surface area contributed by atoms with Gasteiger partial charge in [0, 0.05) is 6.04 Å². The van der Waals surface area contributed by atoms with E-state index in [0.717, 1.165) is 12.5 Å². The first kappa shape index (κ1) is 16.2. The predicted molar refractivity (Wildman–Crippen MR) is 85.8 cm³/mol. The van der Waals surface area contributed by atoms with E-state index in [1.807, 2.05) is 0 Å². The van der Waals surface area contributed by atoms with Gasteiger partial charge >= 0.3 is 0 Å². The first-order chi connectivity index (χ1) is 9.06.